The summed E-state index contributed by atoms with van der Waals surface area (Å²) >= 11 is 0. The fourth-order valence-corrected chi connectivity index (χ4v) is 9.57. The van der Waals surface area contributed by atoms with Crippen molar-refractivity contribution in [1.29, 1.82) is 0 Å². The number of methoxy groups -OCH3 is 2. The van der Waals surface area contributed by atoms with Crippen LogP contribution in [0.25, 0.3) is 11.1 Å². The molecule has 0 aromatic heterocycles. The quantitative estimate of drug-likeness (QED) is 0.461. The number of hydrogen-bond acceptors (Lipinski definition) is 3. The molecule has 0 spiro atoms. The van der Waals surface area contributed by atoms with E-state index in [1.165, 1.54) is 0 Å². The number of rotatable bonds is 8. The topological polar surface area (TPSA) is 27.7 Å². The summed E-state index contributed by atoms with van der Waals surface area (Å²) in [4.78, 5) is 0. The van der Waals surface area contributed by atoms with E-state index < -0.39 is 8.32 Å². The van der Waals surface area contributed by atoms with Crippen LogP contribution in [0.3, 0.4) is 0 Å². The number of para-hydroxylation sites is 1. The van der Waals surface area contributed by atoms with Crippen LogP contribution in [0.1, 0.15) is 41.5 Å². The zero-order valence-electron chi connectivity index (χ0n) is 18.0. The lowest BCUT2D eigenvalue weighted by atomic mass is 10.0. The number of ether oxygens (including phenoxy) is 2. The minimum atomic E-state index is -2.04. The highest BCUT2D eigenvalue weighted by Crippen LogP contribution is 2.45. The summed E-state index contributed by atoms with van der Waals surface area (Å²) in [5.41, 5.74) is 3.68. The van der Waals surface area contributed by atoms with Gasteiger partial charge < -0.3 is 13.9 Å². The normalized spacial score (nSPS) is 12.0. The Morgan fingerprint density at radius 2 is 1.19 bits per heavy atom. The Kier molecular flexibility index (Phi) is 6.99. The van der Waals surface area contributed by atoms with Gasteiger partial charge in [-0.3, -0.25) is 0 Å². The lowest BCUT2D eigenvalue weighted by Crippen LogP contribution is -2.50. The molecule has 2 aromatic rings. The first-order valence-electron chi connectivity index (χ1n) is 9.77. The molecule has 4 heteroatoms. The Labute approximate surface area is 165 Å². The number of hydrogen-bond donors (Lipinski definition) is 0. The van der Waals surface area contributed by atoms with E-state index in [0.717, 1.165) is 28.4 Å². The molecule has 0 aliphatic rings. The molecule has 0 saturated carbocycles. The molecular formula is C23H34O3Si. The van der Waals surface area contributed by atoms with Crippen molar-refractivity contribution < 1.29 is 13.9 Å². The van der Waals surface area contributed by atoms with E-state index in [0.29, 0.717) is 16.6 Å². The van der Waals surface area contributed by atoms with Gasteiger partial charge in [-0.15, -0.1) is 0 Å². The molecule has 0 unspecified atom stereocenters. The van der Waals surface area contributed by atoms with Crippen LogP contribution in [-0.4, -0.2) is 22.5 Å². The molecular weight excluding hydrogens is 352 g/mol. The molecule has 2 rings (SSSR count). The Morgan fingerprint density at radius 3 is 1.63 bits per heavy atom. The van der Waals surface area contributed by atoms with Gasteiger partial charge in [-0.25, -0.2) is 0 Å². The summed E-state index contributed by atoms with van der Waals surface area (Å²) in [6.07, 6.45) is 0. The third-order valence-corrected chi connectivity index (χ3v) is 11.5. The molecule has 0 atom stereocenters. The Balaban J connectivity index is 2.59. The van der Waals surface area contributed by atoms with Gasteiger partial charge in [-0.1, -0.05) is 59.7 Å². The van der Waals surface area contributed by atoms with Crippen molar-refractivity contribution in [2.75, 3.05) is 14.2 Å². The third kappa shape index (κ3) is 4.32. The molecule has 0 saturated heterocycles. The van der Waals surface area contributed by atoms with Crippen molar-refractivity contribution in [2.24, 2.45) is 0 Å². The van der Waals surface area contributed by atoms with Gasteiger partial charge in [0.15, 0.2) is 0 Å². The van der Waals surface area contributed by atoms with Crippen molar-refractivity contribution in [2.45, 2.75) is 58.2 Å². The zero-order chi connectivity index (χ0) is 20.2. The summed E-state index contributed by atoms with van der Waals surface area (Å²) in [6.45, 7) is 13.9. The standard InChI is InChI=1S/C23H34O3Si/c1-16(2)27(17(3)4,18(5)6)26-23-12-10-9-11-22(23)19-13-20(24-7)15-21(14-19)25-8/h9-18H,1-8H3. The SMILES string of the molecule is COc1cc(OC)cc(-c2ccccc2O[Si](C(C)C)(C(C)C)C(C)C)c1. The maximum Gasteiger partial charge on any atom is 0.258 e. The second kappa shape index (κ2) is 8.83. The smallest absolute Gasteiger partial charge is 0.258 e. The Morgan fingerprint density at radius 1 is 0.704 bits per heavy atom. The molecule has 2 aromatic carbocycles. The van der Waals surface area contributed by atoms with Gasteiger partial charge in [-0.2, -0.15) is 0 Å². The lowest BCUT2D eigenvalue weighted by molar-refractivity contribution is 0.394. The third-order valence-electron chi connectivity index (χ3n) is 5.54. The molecule has 0 heterocycles. The van der Waals surface area contributed by atoms with Crippen LogP contribution in [0.15, 0.2) is 42.5 Å². The van der Waals surface area contributed by atoms with Gasteiger partial charge in [0.25, 0.3) is 8.32 Å². The highest BCUT2D eigenvalue weighted by molar-refractivity contribution is 6.78. The highest BCUT2D eigenvalue weighted by Gasteiger charge is 2.47. The lowest BCUT2D eigenvalue weighted by Gasteiger charge is -2.42. The van der Waals surface area contributed by atoms with E-state index in [1.54, 1.807) is 14.2 Å². The van der Waals surface area contributed by atoms with E-state index >= 15 is 0 Å². The van der Waals surface area contributed by atoms with Gasteiger partial charge in [0, 0.05) is 11.6 Å². The second-order valence-electron chi connectivity index (χ2n) is 8.02. The predicted molar refractivity (Wildman–Crippen MR) is 117 cm³/mol. The van der Waals surface area contributed by atoms with E-state index in [4.69, 9.17) is 13.9 Å². The van der Waals surface area contributed by atoms with Gasteiger partial charge >= 0.3 is 0 Å². The molecule has 0 aliphatic carbocycles. The van der Waals surface area contributed by atoms with Crippen LogP contribution in [-0.2, 0) is 0 Å². The maximum absolute atomic E-state index is 6.98. The molecule has 3 nitrogen and oxygen atoms in total. The largest absolute Gasteiger partial charge is 0.542 e. The van der Waals surface area contributed by atoms with Gasteiger partial charge in [0.05, 0.1) is 14.2 Å². The first-order chi connectivity index (χ1) is 12.8. The van der Waals surface area contributed by atoms with Crippen molar-refractivity contribution >= 4 is 8.32 Å². The zero-order valence-corrected chi connectivity index (χ0v) is 19.0. The first kappa shape index (κ1) is 21.4. The number of benzene rings is 2. The summed E-state index contributed by atoms with van der Waals surface area (Å²) in [5.74, 6) is 2.51. The van der Waals surface area contributed by atoms with Crippen LogP contribution in [0.2, 0.25) is 16.6 Å². The van der Waals surface area contributed by atoms with Gasteiger partial charge in [0.1, 0.15) is 17.2 Å². The molecule has 0 fully saturated rings. The summed E-state index contributed by atoms with van der Waals surface area (Å²) < 4.78 is 17.9. The van der Waals surface area contributed by atoms with Crippen molar-refractivity contribution in [3.8, 4) is 28.4 Å². The summed E-state index contributed by atoms with van der Waals surface area (Å²) in [7, 11) is 1.31. The maximum atomic E-state index is 6.98. The molecule has 0 N–H and O–H groups in total. The van der Waals surface area contributed by atoms with Gasteiger partial charge in [-0.05, 0) is 40.4 Å². The average molecular weight is 387 g/mol. The van der Waals surface area contributed by atoms with E-state index in [2.05, 4.69) is 65.8 Å². The minimum Gasteiger partial charge on any atom is -0.542 e. The monoisotopic (exact) mass is 386 g/mol. The average Bonchev–Trinajstić information content (AvgIpc) is 2.64. The minimum absolute atomic E-state index is 0.519. The first-order valence-corrected chi connectivity index (χ1v) is 11.9. The van der Waals surface area contributed by atoms with E-state index in [1.807, 2.05) is 18.2 Å². The van der Waals surface area contributed by atoms with Crippen molar-refractivity contribution in [3.05, 3.63) is 42.5 Å². The molecule has 27 heavy (non-hydrogen) atoms. The molecule has 0 bridgehead atoms. The molecule has 0 radical (unpaired) electrons. The van der Waals surface area contributed by atoms with Crippen molar-refractivity contribution in [1.82, 2.24) is 0 Å². The van der Waals surface area contributed by atoms with Crippen LogP contribution in [0.5, 0.6) is 17.2 Å². The van der Waals surface area contributed by atoms with Crippen LogP contribution in [0.4, 0.5) is 0 Å². The molecule has 148 valence electrons. The fraction of sp³-hybridized carbons (Fsp3) is 0.478. The van der Waals surface area contributed by atoms with Crippen LogP contribution < -0.4 is 13.9 Å². The Hall–Kier alpha value is -1.94. The van der Waals surface area contributed by atoms with E-state index in [9.17, 15) is 0 Å². The van der Waals surface area contributed by atoms with Crippen molar-refractivity contribution in [3.63, 3.8) is 0 Å². The van der Waals surface area contributed by atoms with Crippen LogP contribution >= 0.6 is 0 Å². The molecule has 0 amide bonds. The summed E-state index contributed by atoms with van der Waals surface area (Å²) in [5, 5.41) is 0. The fourth-order valence-electron chi connectivity index (χ4n) is 4.30. The summed E-state index contributed by atoms with van der Waals surface area (Å²) in [6, 6.07) is 14.3. The second-order valence-corrected chi connectivity index (χ2v) is 13.4. The Bertz CT molecular complexity index is 709. The van der Waals surface area contributed by atoms with Gasteiger partial charge in [0.2, 0.25) is 0 Å². The predicted octanol–water partition coefficient (Wildman–Crippen LogP) is 6.93. The van der Waals surface area contributed by atoms with E-state index in [-0.39, 0.29) is 0 Å². The molecule has 0 aliphatic heterocycles. The highest BCUT2D eigenvalue weighted by atomic mass is 28.4. The van der Waals surface area contributed by atoms with Crippen LogP contribution in [0, 0.1) is 0 Å².